The van der Waals surface area contributed by atoms with Gasteiger partial charge in [0.1, 0.15) is 12.1 Å². The van der Waals surface area contributed by atoms with E-state index in [1.165, 1.54) is 0 Å². The molecule has 1 heterocycles. The Bertz CT molecular complexity index is 733. The maximum Gasteiger partial charge on any atom is 0.408 e. The van der Waals surface area contributed by atoms with Crippen LogP contribution in [0.5, 0.6) is 0 Å². The highest BCUT2D eigenvalue weighted by atomic mass is 35.5. The molecular formula is C21H30ClN3O4. The van der Waals surface area contributed by atoms with Crippen LogP contribution in [0.15, 0.2) is 24.3 Å². The number of halogens is 1. The fraction of sp³-hybridized carbons (Fsp3) is 0.571. The van der Waals surface area contributed by atoms with Gasteiger partial charge in [0.05, 0.1) is 0 Å². The first-order valence-corrected chi connectivity index (χ1v) is 10.3. The quantitative estimate of drug-likeness (QED) is 0.789. The minimum Gasteiger partial charge on any atom is -0.444 e. The van der Waals surface area contributed by atoms with E-state index in [9.17, 15) is 14.4 Å². The van der Waals surface area contributed by atoms with Crippen LogP contribution >= 0.6 is 11.6 Å². The SMILES string of the molecule is CC(C)(C)OC(=O)NCC(=O)N1CCCN(C(=O)CCc2cccc(Cl)c2)CC1. The average Bonchev–Trinajstić information content (AvgIpc) is 2.89. The number of carbonyl (C=O) groups excluding carboxylic acids is 3. The molecule has 1 aliphatic heterocycles. The summed E-state index contributed by atoms with van der Waals surface area (Å²) < 4.78 is 5.14. The summed E-state index contributed by atoms with van der Waals surface area (Å²) in [6, 6.07) is 7.52. The molecule has 1 aromatic rings. The fourth-order valence-corrected chi connectivity index (χ4v) is 3.30. The molecular weight excluding hydrogens is 394 g/mol. The van der Waals surface area contributed by atoms with E-state index in [1.807, 2.05) is 24.3 Å². The first kappa shape index (κ1) is 23.0. The molecule has 1 saturated heterocycles. The first-order valence-electron chi connectivity index (χ1n) is 9.91. The topological polar surface area (TPSA) is 79.0 Å². The van der Waals surface area contributed by atoms with Gasteiger partial charge in [0.2, 0.25) is 11.8 Å². The second kappa shape index (κ2) is 10.5. The summed E-state index contributed by atoms with van der Waals surface area (Å²) in [6.07, 6.45) is 1.15. The van der Waals surface area contributed by atoms with Crippen molar-refractivity contribution in [3.63, 3.8) is 0 Å². The third-order valence-corrected chi connectivity index (χ3v) is 4.74. The van der Waals surface area contributed by atoms with Gasteiger partial charge in [-0.15, -0.1) is 0 Å². The van der Waals surface area contributed by atoms with Crippen LogP contribution in [-0.2, 0) is 20.7 Å². The van der Waals surface area contributed by atoms with Crippen molar-refractivity contribution in [2.75, 3.05) is 32.7 Å². The molecule has 0 unspecified atom stereocenters. The zero-order chi connectivity index (χ0) is 21.4. The number of benzene rings is 1. The third kappa shape index (κ3) is 8.31. The Morgan fingerprint density at radius 1 is 1.07 bits per heavy atom. The molecule has 0 spiro atoms. The number of rotatable bonds is 5. The van der Waals surface area contributed by atoms with Gasteiger partial charge in [-0.3, -0.25) is 9.59 Å². The molecule has 0 bridgehead atoms. The zero-order valence-corrected chi connectivity index (χ0v) is 18.1. The predicted octanol–water partition coefficient (Wildman–Crippen LogP) is 2.86. The van der Waals surface area contributed by atoms with E-state index in [0.29, 0.717) is 50.5 Å². The Kier molecular flexibility index (Phi) is 8.32. The Morgan fingerprint density at radius 2 is 1.72 bits per heavy atom. The minimum atomic E-state index is -0.613. The van der Waals surface area contributed by atoms with E-state index in [4.69, 9.17) is 16.3 Å². The van der Waals surface area contributed by atoms with Crippen molar-refractivity contribution in [2.45, 2.75) is 45.6 Å². The van der Waals surface area contributed by atoms with E-state index in [2.05, 4.69) is 5.32 Å². The summed E-state index contributed by atoms with van der Waals surface area (Å²) in [7, 11) is 0. The molecule has 3 amide bonds. The standard InChI is InChI=1S/C21H30ClN3O4/c1-21(2,3)29-20(28)23-15-19(27)25-11-5-10-24(12-13-25)18(26)9-8-16-6-4-7-17(22)14-16/h4,6-7,14H,5,8-13,15H2,1-3H3,(H,23,28). The number of nitrogens with zero attached hydrogens (tertiary/aromatic N) is 2. The van der Waals surface area contributed by atoms with Crippen molar-refractivity contribution in [3.05, 3.63) is 34.9 Å². The van der Waals surface area contributed by atoms with Crippen molar-refractivity contribution in [1.29, 1.82) is 0 Å². The lowest BCUT2D eigenvalue weighted by atomic mass is 10.1. The van der Waals surface area contributed by atoms with Crippen LogP contribution < -0.4 is 5.32 Å². The molecule has 0 aliphatic carbocycles. The van der Waals surface area contributed by atoms with Gasteiger partial charge < -0.3 is 19.9 Å². The number of carbonyl (C=O) groups is 3. The molecule has 1 aliphatic rings. The van der Waals surface area contributed by atoms with Crippen LogP contribution in [-0.4, -0.2) is 66.0 Å². The van der Waals surface area contributed by atoms with Gasteiger partial charge >= 0.3 is 6.09 Å². The molecule has 1 N–H and O–H groups in total. The average molecular weight is 424 g/mol. The molecule has 29 heavy (non-hydrogen) atoms. The molecule has 160 valence electrons. The smallest absolute Gasteiger partial charge is 0.408 e. The Hall–Kier alpha value is -2.28. The van der Waals surface area contributed by atoms with Gasteiger partial charge in [0, 0.05) is 37.6 Å². The number of amides is 3. The van der Waals surface area contributed by atoms with Crippen molar-refractivity contribution in [2.24, 2.45) is 0 Å². The van der Waals surface area contributed by atoms with E-state index in [1.54, 1.807) is 30.6 Å². The lowest BCUT2D eigenvalue weighted by molar-refractivity contribution is -0.133. The van der Waals surface area contributed by atoms with E-state index in [-0.39, 0.29) is 18.4 Å². The second-order valence-corrected chi connectivity index (χ2v) is 8.54. The molecule has 7 nitrogen and oxygen atoms in total. The van der Waals surface area contributed by atoms with E-state index >= 15 is 0 Å². The Balaban J connectivity index is 1.76. The fourth-order valence-electron chi connectivity index (χ4n) is 3.09. The largest absolute Gasteiger partial charge is 0.444 e. The molecule has 0 aromatic heterocycles. The van der Waals surface area contributed by atoms with Crippen LogP contribution in [0.4, 0.5) is 4.79 Å². The number of nitrogens with one attached hydrogen (secondary N) is 1. The molecule has 0 radical (unpaired) electrons. The Labute approximate surface area is 177 Å². The van der Waals surface area contributed by atoms with Crippen LogP contribution in [0.25, 0.3) is 0 Å². The van der Waals surface area contributed by atoms with E-state index < -0.39 is 11.7 Å². The van der Waals surface area contributed by atoms with Crippen LogP contribution in [0.2, 0.25) is 5.02 Å². The summed E-state index contributed by atoms with van der Waals surface area (Å²) in [6.45, 7) is 7.32. The number of ether oxygens (including phenoxy) is 1. The summed E-state index contributed by atoms with van der Waals surface area (Å²) >= 11 is 5.99. The number of alkyl carbamates (subject to hydrolysis) is 1. The van der Waals surface area contributed by atoms with Crippen molar-refractivity contribution >= 4 is 29.5 Å². The summed E-state index contributed by atoms with van der Waals surface area (Å²) in [5, 5.41) is 3.16. The number of hydrogen-bond donors (Lipinski definition) is 1. The van der Waals surface area contributed by atoms with Crippen molar-refractivity contribution in [3.8, 4) is 0 Å². The first-order chi connectivity index (χ1) is 13.6. The molecule has 0 atom stereocenters. The maximum absolute atomic E-state index is 12.5. The number of hydrogen-bond acceptors (Lipinski definition) is 4. The minimum absolute atomic E-state index is 0.0751. The van der Waals surface area contributed by atoms with Crippen molar-refractivity contribution < 1.29 is 19.1 Å². The highest BCUT2D eigenvalue weighted by molar-refractivity contribution is 6.30. The molecule has 0 saturated carbocycles. The van der Waals surface area contributed by atoms with Crippen LogP contribution in [0.3, 0.4) is 0 Å². The maximum atomic E-state index is 12.5. The van der Waals surface area contributed by atoms with Gasteiger partial charge in [-0.2, -0.15) is 0 Å². The third-order valence-electron chi connectivity index (χ3n) is 4.50. The molecule has 2 rings (SSSR count). The Morgan fingerprint density at radius 3 is 2.34 bits per heavy atom. The summed E-state index contributed by atoms with van der Waals surface area (Å²) in [5.74, 6) is -0.102. The zero-order valence-electron chi connectivity index (χ0n) is 17.4. The normalized spacial score (nSPS) is 14.9. The molecule has 8 heteroatoms. The monoisotopic (exact) mass is 423 g/mol. The van der Waals surface area contributed by atoms with Gasteiger partial charge in [0.15, 0.2) is 0 Å². The predicted molar refractivity (Wildman–Crippen MR) is 112 cm³/mol. The second-order valence-electron chi connectivity index (χ2n) is 8.10. The van der Waals surface area contributed by atoms with Gasteiger partial charge in [-0.05, 0) is 51.3 Å². The van der Waals surface area contributed by atoms with Crippen molar-refractivity contribution in [1.82, 2.24) is 15.1 Å². The van der Waals surface area contributed by atoms with Crippen LogP contribution in [0.1, 0.15) is 39.2 Å². The summed E-state index contributed by atoms with van der Waals surface area (Å²) in [4.78, 5) is 40.1. The lowest BCUT2D eigenvalue weighted by Gasteiger charge is -2.23. The van der Waals surface area contributed by atoms with Gasteiger partial charge in [-0.25, -0.2) is 4.79 Å². The van der Waals surface area contributed by atoms with Gasteiger partial charge in [0.25, 0.3) is 0 Å². The molecule has 1 aromatic carbocycles. The number of aryl methyl sites for hydroxylation is 1. The van der Waals surface area contributed by atoms with E-state index in [0.717, 1.165) is 5.56 Å². The van der Waals surface area contributed by atoms with Crippen LogP contribution in [0, 0.1) is 0 Å². The lowest BCUT2D eigenvalue weighted by Crippen LogP contribution is -2.43. The highest BCUT2D eigenvalue weighted by Crippen LogP contribution is 2.13. The molecule has 1 fully saturated rings. The highest BCUT2D eigenvalue weighted by Gasteiger charge is 2.23. The summed E-state index contributed by atoms with van der Waals surface area (Å²) in [5.41, 5.74) is 0.424. The van der Waals surface area contributed by atoms with Gasteiger partial charge in [-0.1, -0.05) is 23.7 Å².